The van der Waals surface area contributed by atoms with Crippen molar-refractivity contribution in [2.24, 2.45) is 11.5 Å². The summed E-state index contributed by atoms with van der Waals surface area (Å²) in [5, 5.41) is 11.1. The SMILES string of the molecule is Cc1cc([N+](=O)[O-])c(C)cc1CC1SC(C(N)=O)=C(c2ccc(CN)cc2)N1C. The van der Waals surface area contributed by atoms with Crippen LogP contribution in [-0.4, -0.2) is 28.2 Å². The van der Waals surface area contributed by atoms with E-state index in [9.17, 15) is 14.9 Å². The van der Waals surface area contributed by atoms with E-state index in [2.05, 4.69) is 4.90 Å². The van der Waals surface area contributed by atoms with Crippen molar-refractivity contribution in [3.63, 3.8) is 0 Å². The Balaban J connectivity index is 1.91. The van der Waals surface area contributed by atoms with Crippen molar-refractivity contribution in [2.75, 3.05) is 7.05 Å². The lowest BCUT2D eigenvalue weighted by Gasteiger charge is -2.25. The first kappa shape index (κ1) is 20.9. The summed E-state index contributed by atoms with van der Waals surface area (Å²) in [6.07, 6.45) is 0.632. The number of amides is 1. The molecule has 2 aromatic carbocycles. The number of thioether (sulfide) groups is 1. The first-order chi connectivity index (χ1) is 13.7. The minimum atomic E-state index is -0.459. The van der Waals surface area contributed by atoms with E-state index in [1.807, 2.05) is 44.3 Å². The fourth-order valence-electron chi connectivity index (χ4n) is 3.53. The average Bonchev–Trinajstić information content (AvgIpc) is 3.01. The van der Waals surface area contributed by atoms with Crippen LogP contribution in [0.1, 0.15) is 27.8 Å². The van der Waals surface area contributed by atoms with Crippen LogP contribution < -0.4 is 11.5 Å². The first-order valence-electron chi connectivity index (χ1n) is 9.20. The highest BCUT2D eigenvalue weighted by molar-refractivity contribution is 8.05. The summed E-state index contributed by atoms with van der Waals surface area (Å²) in [6.45, 7) is 4.06. The average molecular weight is 413 g/mol. The number of nitrogens with two attached hydrogens (primary N) is 2. The van der Waals surface area contributed by atoms with Gasteiger partial charge in [-0.25, -0.2) is 0 Å². The van der Waals surface area contributed by atoms with Crippen LogP contribution in [0.3, 0.4) is 0 Å². The predicted molar refractivity (Wildman–Crippen MR) is 116 cm³/mol. The Hall–Kier alpha value is -2.84. The maximum absolute atomic E-state index is 12.1. The standard InChI is InChI=1S/C21H24N4O3S/c1-12-9-17(25(27)28)13(2)8-16(12)10-18-24(3)19(20(29-18)21(23)26)15-6-4-14(11-22)5-7-15/h4-9,18H,10-11,22H2,1-3H3,(H2,23,26). The first-order valence-corrected chi connectivity index (χ1v) is 10.1. The van der Waals surface area contributed by atoms with Gasteiger partial charge in [0.05, 0.1) is 20.9 Å². The topological polar surface area (TPSA) is 115 Å². The molecule has 0 aliphatic carbocycles. The Morgan fingerprint density at radius 1 is 1.21 bits per heavy atom. The van der Waals surface area contributed by atoms with E-state index in [0.29, 0.717) is 23.4 Å². The van der Waals surface area contributed by atoms with Crippen molar-refractivity contribution < 1.29 is 9.72 Å². The Kier molecular flexibility index (Phi) is 5.95. The number of primary amides is 1. The van der Waals surface area contributed by atoms with E-state index in [4.69, 9.17) is 11.5 Å². The van der Waals surface area contributed by atoms with Crippen LogP contribution in [0.5, 0.6) is 0 Å². The number of hydrogen-bond donors (Lipinski definition) is 2. The third-order valence-electron chi connectivity index (χ3n) is 5.19. The van der Waals surface area contributed by atoms with Gasteiger partial charge in [-0.1, -0.05) is 36.0 Å². The van der Waals surface area contributed by atoms with Crippen LogP contribution in [0.25, 0.3) is 5.70 Å². The maximum atomic E-state index is 12.1. The summed E-state index contributed by atoms with van der Waals surface area (Å²) in [5.41, 5.74) is 16.7. The minimum absolute atomic E-state index is 0.0405. The number of carbonyl (C=O) groups is 1. The molecular weight excluding hydrogens is 388 g/mol. The molecular formula is C21H24N4O3S. The van der Waals surface area contributed by atoms with Gasteiger partial charge in [0.1, 0.15) is 0 Å². The highest BCUT2D eigenvalue weighted by atomic mass is 32.2. The third-order valence-corrected chi connectivity index (χ3v) is 6.57. The molecule has 0 bridgehead atoms. The van der Waals surface area contributed by atoms with Crippen molar-refractivity contribution in [1.29, 1.82) is 0 Å². The quantitative estimate of drug-likeness (QED) is 0.556. The van der Waals surface area contributed by atoms with Crippen molar-refractivity contribution in [2.45, 2.75) is 32.2 Å². The van der Waals surface area contributed by atoms with Gasteiger partial charge in [0, 0.05) is 31.6 Å². The zero-order chi connectivity index (χ0) is 21.3. The zero-order valence-corrected chi connectivity index (χ0v) is 17.5. The van der Waals surface area contributed by atoms with Crippen LogP contribution in [0.15, 0.2) is 41.3 Å². The van der Waals surface area contributed by atoms with E-state index in [-0.39, 0.29) is 16.0 Å². The number of carbonyl (C=O) groups excluding carboxylic acids is 1. The number of aryl methyl sites for hydroxylation is 2. The Morgan fingerprint density at radius 3 is 2.41 bits per heavy atom. The second-order valence-electron chi connectivity index (χ2n) is 7.15. The number of benzene rings is 2. The van der Waals surface area contributed by atoms with Gasteiger partial charge in [-0.15, -0.1) is 0 Å². The van der Waals surface area contributed by atoms with Gasteiger partial charge in [-0.05, 0) is 42.2 Å². The summed E-state index contributed by atoms with van der Waals surface area (Å²) < 4.78 is 0. The predicted octanol–water partition coefficient (Wildman–Crippen LogP) is 3.07. The van der Waals surface area contributed by atoms with E-state index in [1.165, 1.54) is 11.8 Å². The monoisotopic (exact) mass is 412 g/mol. The van der Waals surface area contributed by atoms with Crippen molar-refractivity contribution in [1.82, 2.24) is 4.90 Å². The van der Waals surface area contributed by atoms with Crippen LogP contribution >= 0.6 is 11.8 Å². The Morgan fingerprint density at radius 2 is 1.86 bits per heavy atom. The van der Waals surface area contributed by atoms with Crippen LogP contribution in [0.4, 0.5) is 5.69 Å². The van der Waals surface area contributed by atoms with Gasteiger partial charge < -0.3 is 16.4 Å². The van der Waals surface area contributed by atoms with Crippen molar-refractivity contribution >= 4 is 29.1 Å². The number of nitro benzene ring substituents is 1. The molecule has 1 aliphatic rings. The molecule has 152 valence electrons. The van der Waals surface area contributed by atoms with Crippen molar-refractivity contribution in [3.8, 4) is 0 Å². The highest BCUT2D eigenvalue weighted by Crippen LogP contribution is 2.43. The molecule has 29 heavy (non-hydrogen) atoms. The maximum Gasteiger partial charge on any atom is 0.272 e. The molecule has 2 aromatic rings. The summed E-state index contributed by atoms with van der Waals surface area (Å²) in [5.74, 6) is -0.459. The lowest BCUT2D eigenvalue weighted by molar-refractivity contribution is -0.385. The van der Waals surface area contributed by atoms with E-state index >= 15 is 0 Å². The molecule has 0 saturated heterocycles. The molecule has 1 unspecified atom stereocenters. The fourth-order valence-corrected chi connectivity index (χ4v) is 4.82. The lowest BCUT2D eigenvalue weighted by Crippen LogP contribution is -2.25. The lowest BCUT2D eigenvalue weighted by atomic mass is 10.0. The number of likely N-dealkylation sites (N-methyl/N-ethyl adjacent to an activating group) is 1. The van der Waals surface area contributed by atoms with Gasteiger partial charge in [0.2, 0.25) is 0 Å². The van der Waals surface area contributed by atoms with E-state index in [1.54, 1.807) is 13.0 Å². The second kappa shape index (κ2) is 8.26. The zero-order valence-electron chi connectivity index (χ0n) is 16.6. The highest BCUT2D eigenvalue weighted by Gasteiger charge is 2.34. The largest absolute Gasteiger partial charge is 0.365 e. The number of hydrogen-bond acceptors (Lipinski definition) is 6. The number of rotatable bonds is 6. The van der Waals surface area contributed by atoms with Gasteiger partial charge in [0.15, 0.2) is 0 Å². The van der Waals surface area contributed by atoms with E-state index < -0.39 is 5.91 Å². The van der Waals surface area contributed by atoms with Crippen LogP contribution in [0.2, 0.25) is 0 Å². The fraction of sp³-hybridized carbons (Fsp3) is 0.286. The molecule has 0 aromatic heterocycles. The molecule has 7 nitrogen and oxygen atoms in total. The molecule has 3 rings (SSSR count). The van der Waals surface area contributed by atoms with Gasteiger partial charge in [-0.2, -0.15) is 0 Å². The number of nitro groups is 1. The normalized spacial score (nSPS) is 16.4. The Bertz CT molecular complexity index is 1000. The molecule has 4 N–H and O–H groups in total. The van der Waals surface area contributed by atoms with Crippen molar-refractivity contribution in [3.05, 3.63) is 79.2 Å². The Labute approximate surface area is 173 Å². The third kappa shape index (κ3) is 4.13. The minimum Gasteiger partial charge on any atom is -0.365 e. The summed E-state index contributed by atoms with van der Waals surface area (Å²) in [6, 6.07) is 11.2. The second-order valence-corrected chi connectivity index (χ2v) is 8.34. The van der Waals surface area contributed by atoms with Crippen LogP contribution in [0, 0.1) is 24.0 Å². The summed E-state index contributed by atoms with van der Waals surface area (Å²) in [4.78, 5) is 25.5. The summed E-state index contributed by atoms with van der Waals surface area (Å²) >= 11 is 1.43. The van der Waals surface area contributed by atoms with Gasteiger partial charge in [0.25, 0.3) is 11.6 Å². The molecule has 1 amide bonds. The van der Waals surface area contributed by atoms with E-state index in [0.717, 1.165) is 28.0 Å². The van der Waals surface area contributed by atoms with Gasteiger partial charge >= 0.3 is 0 Å². The number of nitrogens with zero attached hydrogens (tertiary/aromatic N) is 2. The molecule has 1 aliphatic heterocycles. The molecule has 1 atom stereocenters. The molecule has 1 heterocycles. The molecule has 0 spiro atoms. The summed E-state index contributed by atoms with van der Waals surface area (Å²) in [7, 11) is 1.94. The molecule has 0 saturated carbocycles. The van der Waals surface area contributed by atoms with Crippen LogP contribution in [-0.2, 0) is 17.8 Å². The smallest absolute Gasteiger partial charge is 0.272 e. The molecule has 0 fully saturated rings. The van der Waals surface area contributed by atoms with Gasteiger partial charge in [-0.3, -0.25) is 14.9 Å². The molecule has 0 radical (unpaired) electrons. The molecule has 8 heteroatoms.